The zero-order valence-corrected chi connectivity index (χ0v) is 17.2. The van der Waals surface area contributed by atoms with Crippen molar-refractivity contribution in [3.63, 3.8) is 0 Å². The van der Waals surface area contributed by atoms with Gasteiger partial charge in [0.05, 0.1) is 0 Å². The van der Waals surface area contributed by atoms with Crippen LogP contribution in [0.5, 0.6) is 0 Å². The second kappa shape index (κ2) is 8.14. The van der Waals surface area contributed by atoms with E-state index in [1.165, 1.54) is 11.1 Å². The van der Waals surface area contributed by atoms with E-state index in [9.17, 15) is 9.18 Å². The number of carbonyl (C=O) groups is 1. The molecule has 3 rings (SSSR count). The summed E-state index contributed by atoms with van der Waals surface area (Å²) in [5.41, 5.74) is 2.43. The molecule has 0 spiro atoms. The fraction of sp³-hybridized carbons (Fsp3) is 0.609. The van der Waals surface area contributed by atoms with E-state index in [1.54, 1.807) is 12.1 Å². The molecule has 1 atom stereocenters. The molecular weight excluding hydrogens is 339 g/mol. The fourth-order valence-electron chi connectivity index (χ4n) is 4.08. The van der Waals surface area contributed by atoms with E-state index < -0.39 is 0 Å². The lowest BCUT2D eigenvalue weighted by Crippen LogP contribution is -2.52. The first-order chi connectivity index (χ1) is 12.8. The van der Waals surface area contributed by atoms with Crippen molar-refractivity contribution in [1.29, 1.82) is 0 Å². The summed E-state index contributed by atoms with van der Waals surface area (Å²) in [5.74, 6) is 0.481. The molecule has 1 aliphatic heterocycles. The molecule has 0 radical (unpaired) electrons. The number of piperazine rings is 1. The van der Waals surface area contributed by atoms with Gasteiger partial charge in [0.25, 0.3) is 0 Å². The van der Waals surface area contributed by atoms with Gasteiger partial charge in [0, 0.05) is 38.1 Å². The molecule has 1 aliphatic carbocycles. The molecule has 148 valence electrons. The molecule has 4 heteroatoms. The van der Waals surface area contributed by atoms with E-state index in [-0.39, 0.29) is 11.2 Å². The number of hydrogen-bond donors (Lipinski definition) is 0. The summed E-state index contributed by atoms with van der Waals surface area (Å²) in [4.78, 5) is 16.9. The summed E-state index contributed by atoms with van der Waals surface area (Å²) in [6, 6.07) is 7.24. The van der Waals surface area contributed by atoms with Crippen LogP contribution in [0.3, 0.4) is 0 Å². The van der Waals surface area contributed by atoms with Crippen molar-refractivity contribution in [3.05, 3.63) is 47.3 Å². The lowest BCUT2D eigenvalue weighted by atomic mass is 9.78. The van der Waals surface area contributed by atoms with Gasteiger partial charge in [0.1, 0.15) is 5.82 Å². The van der Waals surface area contributed by atoms with Crippen LogP contribution in [0.15, 0.2) is 35.9 Å². The van der Waals surface area contributed by atoms with Crippen LogP contribution in [-0.4, -0.2) is 47.9 Å². The highest BCUT2D eigenvalue weighted by Crippen LogP contribution is 2.33. The monoisotopic (exact) mass is 372 g/mol. The van der Waals surface area contributed by atoms with Crippen molar-refractivity contribution in [1.82, 2.24) is 9.80 Å². The molecule has 1 aromatic rings. The molecule has 1 aromatic carbocycles. The molecule has 1 saturated heterocycles. The van der Waals surface area contributed by atoms with E-state index in [1.807, 2.05) is 12.1 Å². The average Bonchev–Trinajstić information content (AvgIpc) is 3.45. The zero-order chi connectivity index (χ0) is 19.6. The average molecular weight is 373 g/mol. The molecule has 2 aliphatic rings. The quantitative estimate of drug-likeness (QED) is 0.692. The molecule has 0 N–H and O–H groups in total. The van der Waals surface area contributed by atoms with E-state index >= 15 is 0 Å². The predicted molar refractivity (Wildman–Crippen MR) is 108 cm³/mol. The minimum Gasteiger partial charge on any atom is -0.340 e. The Morgan fingerprint density at radius 2 is 1.74 bits per heavy atom. The summed E-state index contributed by atoms with van der Waals surface area (Å²) in [5, 5.41) is 0. The fourth-order valence-corrected chi connectivity index (χ4v) is 4.08. The normalized spacial score (nSPS) is 19.7. The van der Waals surface area contributed by atoms with Gasteiger partial charge in [0.2, 0.25) is 5.91 Å². The summed E-state index contributed by atoms with van der Waals surface area (Å²) >= 11 is 0. The number of allylic oxidation sites excluding steroid dienone is 1. The summed E-state index contributed by atoms with van der Waals surface area (Å²) in [6.45, 7) is 12.3. The smallest absolute Gasteiger partial charge is 0.225 e. The number of benzene rings is 1. The molecule has 0 aromatic heterocycles. The second-order valence-electron chi connectivity index (χ2n) is 9.04. The van der Waals surface area contributed by atoms with Crippen molar-refractivity contribution in [2.75, 3.05) is 26.2 Å². The van der Waals surface area contributed by atoms with Crippen LogP contribution in [0, 0.1) is 11.7 Å². The Kier molecular flexibility index (Phi) is 6.05. The van der Waals surface area contributed by atoms with E-state index in [4.69, 9.17) is 0 Å². The minimum absolute atomic E-state index is 0.0503. The summed E-state index contributed by atoms with van der Waals surface area (Å²) < 4.78 is 13.3. The second-order valence-corrected chi connectivity index (χ2v) is 9.04. The van der Waals surface area contributed by atoms with Crippen LogP contribution >= 0.6 is 0 Å². The first kappa shape index (κ1) is 20.1. The van der Waals surface area contributed by atoms with Crippen molar-refractivity contribution in [2.45, 2.75) is 58.4 Å². The van der Waals surface area contributed by atoms with Gasteiger partial charge in [-0.3, -0.25) is 9.69 Å². The Morgan fingerprint density at radius 3 is 2.26 bits per heavy atom. The Bertz CT molecular complexity index is 679. The van der Waals surface area contributed by atoms with Crippen LogP contribution in [0.4, 0.5) is 4.39 Å². The lowest BCUT2D eigenvalue weighted by Gasteiger charge is -2.41. The summed E-state index contributed by atoms with van der Waals surface area (Å²) in [6.07, 6.45) is 5.47. The Balaban J connectivity index is 1.68. The molecule has 1 amide bonds. The topological polar surface area (TPSA) is 23.6 Å². The number of amides is 1. The highest BCUT2D eigenvalue weighted by Gasteiger charge is 2.36. The number of halogens is 1. The van der Waals surface area contributed by atoms with Gasteiger partial charge in [-0.25, -0.2) is 4.39 Å². The predicted octanol–water partition coefficient (Wildman–Crippen LogP) is 4.38. The number of carbonyl (C=O) groups excluding carboxylic acids is 1. The highest BCUT2D eigenvalue weighted by molar-refractivity contribution is 5.81. The van der Waals surface area contributed by atoms with Crippen molar-refractivity contribution >= 4 is 5.91 Å². The van der Waals surface area contributed by atoms with Crippen molar-refractivity contribution in [2.24, 2.45) is 5.92 Å². The zero-order valence-electron chi connectivity index (χ0n) is 17.2. The van der Waals surface area contributed by atoms with Crippen molar-refractivity contribution in [3.8, 4) is 0 Å². The molecule has 1 heterocycles. The highest BCUT2D eigenvalue weighted by atomic mass is 19.1. The number of hydrogen-bond acceptors (Lipinski definition) is 2. The Hall–Kier alpha value is -1.68. The first-order valence-electron chi connectivity index (χ1n) is 10.2. The maximum Gasteiger partial charge on any atom is 0.225 e. The largest absolute Gasteiger partial charge is 0.340 e. The first-order valence-corrected chi connectivity index (χ1v) is 10.2. The molecule has 1 unspecified atom stereocenters. The van der Waals surface area contributed by atoms with E-state index in [0.29, 0.717) is 17.9 Å². The SMILES string of the molecule is CC(C)=CC(CC(C)(C)c1ccc(F)cc1)N1CCN(C(=O)C2CC2)CC1. The van der Waals surface area contributed by atoms with Crippen molar-refractivity contribution < 1.29 is 9.18 Å². The van der Waals surface area contributed by atoms with Gasteiger partial charge in [-0.2, -0.15) is 0 Å². The molecule has 1 saturated carbocycles. The third-order valence-corrected chi connectivity index (χ3v) is 5.89. The van der Waals surface area contributed by atoms with Gasteiger partial charge in [0.15, 0.2) is 0 Å². The van der Waals surface area contributed by atoms with E-state index in [0.717, 1.165) is 45.4 Å². The van der Waals surface area contributed by atoms with Gasteiger partial charge in [-0.1, -0.05) is 37.6 Å². The summed E-state index contributed by atoms with van der Waals surface area (Å²) in [7, 11) is 0. The Labute approximate surface area is 163 Å². The van der Waals surface area contributed by atoms with Gasteiger partial charge >= 0.3 is 0 Å². The third-order valence-electron chi connectivity index (χ3n) is 5.89. The minimum atomic E-state index is -0.188. The Morgan fingerprint density at radius 1 is 1.15 bits per heavy atom. The van der Waals surface area contributed by atoms with Crippen LogP contribution in [0.25, 0.3) is 0 Å². The standard InChI is InChI=1S/C23H33FN2O/c1-17(2)15-21(16-23(3,4)19-7-9-20(24)10-8-19)25-11-13-26(14-12-25)22(27)18-5-6-18/h7-10,15,18,21H,5-6,11-14,16H2,1-4H3. The van der Waals surface area contributed by atoms with Crippen LogP contribution in [-0.2, 0) is 10.2 Å². The van der Waals surface area contributed by atoms with Crippen LogP contribution in [0.1, 0.15) is 52.5 Å². The number of rotatable bonds is 6. The molecule has 0 bridgehead atoms. The maximum absolute atomic E-state index is 13.3. The van der Waals surface area contributed by atoms with Crippen LogP contribution in [0.2, 0.25) is 0 Å². The van der Waals surface area contributed by atoms with Gasteiger partial charge in [-0.15, -0.1) is 0 Å². The third kappa shape index (κ3) is 5.19. The van der Waals surface area contributed by atoms with Gasteiger partial charge in [-0.05, 0) is 56.2 Å². The lowest BCUT2D eigenvalue weighted by molar-refractivity contribution is -0.134. The molecule has 3 nitrogen and oxygen atoms in total. The van der Waals surface area contributed by atoms with E-state index in [2.05, 4.69) is 43.6 Å². The van der Waals surface area contributed by atoms with Gasteiger partial charge < -0.3 is 4.90 Å². The maximum atomic E-state index is 13.3. The molecule has 2 fully saturated rings. The molecule has 27 heavy (non-hydrogen) atoms. The van der Waals surface area contributed by atoms with Crippen LogP contribution < -0.4 is 0 Å². The molecular formula is C23H33FN2O. The number of nitrogens with zero attached hydrogens (tertiary/aromatic N) is 2.